The summed E-state index contributed by atoms with van der Waals surface area (Å²) in [7, 11) is 0. The van der Waals surface area contributed by atoms with Gasteiger partial charge in [-0.1, -0.05) is 49.4 Å². The first-order valence-corrected chi connectivity index (χ1v) is 7.94. The zero-order chi connectivity index (χ0) is 20.4. The number of hydrogen-bond donors (Lipinski definition) is 4. The van der Waals surface area contributed by atoms with Crippen LogP contribution in [0.2, 0.25) is 0 Å². The van der Waals surface area contributed by atoms with Gasteiger partial charge in [0.25, 0.3) is 5.69 Å². The summed E-state index contributed by atoms with van der Waals surface area (Å²) in [5.74, 6) is -3.65. The molecule has 0 aliphatic carbocycles. The highest BCUT2D eigenvalue weighted by Gasteiger charge is 2.22. The number of benzene rings is 2. The van der Waals surface area contributed by atoms with Crippen molar-refractivity contribution >= 4 is 17.6 Å². The van der Waals surface area contributed by atoms with Crippen LogP contribution >= 0.6 is 0 Å². The van der Waals surface area contributed by atoms with Crippen molar-refractivity contribution in [2.75, 3.05) is 6.54 Å². The second-order valence-corrected chi connectivity index (χ2v) is 5.35. The molecule has 2 atom stereocenters. The molecule has 0 bridgehead atoms. The minimum atomic E-state index is -1.82. The van der Waals surface area contributed by atoms with Gasteiger partial charge >= 0.3 is 11.9 Å². The lowest BCUT2D eigenvalue weighted by Gasteiger charge is -2.24. The summed E-state index contributed by atoms with van der Waals surface area (Å²) in [4.78, 5) is 28.5. The van der Waals surface area contributed by atoms with E-state index >= 15 is 0 Å². The summed E-state index contributed by atoms with van der Waals surface area (Å²) in [5.41, 5.74) is 1.67. The largest absolute Gasteiger partial charge is 0.473 e. The van der Waals surface area contributed by atoms with E-state index in [0.717, 1.165) is 11.1 Å². The monoisotopic (exact) mass is 376 g/mol. The number of aliphatic carboxylic acids is 2. The van der Waals surface area contributed by atoms with Crippen molar-refractivity contribution in [1.82, 2.24) is 5.32 Å². The normalized spacial score (nSPS) is 12.2. The Morgan fingerprint density at radius 1 is 1.00 bits per heavy atom. The molecule has 0 amide bonds. The Labute approximate surface area is 155 Å². The van der Waals surface area contributed by atoms with Crippen molar-refractivity contribution in [3.63, 3.8) is 0 Å². The van der Waals surface area contributed by atoms with Crippen LogP contribution in [-0.2, 0) is 9.59 Å². The van der Waals surface area contributed by atoms with Crippen molar-refractivity contribution < 1.29 is 29.8 Å². The smallest absolute Gasteiger partial charge is 0.414 e. The van der Waals surface area contributed by atoms with E-state index in [1.807, 2.05) is 37.3 Å². The van der Waals surface area contributed by atoms with Crippen LogP contribution in [0.4, 0.5) is 5.69 Å². The summed E-state index contributed by atoms with van der Waals surface area (Å²) in [6.45, 7) is 2.64. The highest BCUT2D eigenvalue weighted by atomic mass is 16.6. The molecule has 9 nitrogen and oxygen atoms in total. The highest BCUT2D eigenvalue weighted by Crippen LogP contribution is 2.29. The number of aliphatic hydroxyl groups excluding tert-OH is 1. The van der Waals surface area contributed by atoms with Crippen molar-refractivity contribution in [2.45, 2.75) is 19.1 Å². The average Bonchev–Trinajstić information content (AvgIpc) is 2.67. The molecule has 0 radical (unpaired) electrons. The number of carboxylic acids is 2. The number of hydrogen-bond acceptors (Lipinski definition) is 6. The number of likely N-dealkylation sites (N-methyl/N-ethyl adjacent to an activating group) is 1. The molecule has 0 fully saturated rings. The lowest BCUT2D eigenvalue weighted by molar-refractivity contribution is -0.384. The van der Waals surface area contributed by atoms with E-state index in [1.165, 1.54) is 12.1 Å². The van der Waals surface area contributed by atoms with E-state index in [9.17, 15) is 15.2 Å². The van der Waals surface area contributed by atoms with Gasteiger partial charge in [0.15, 0.2) is 0 Å². The minimum absolute atomic E-state index is 0.0446. The molecule has 0 saturated carbocycles. The summed E-state index contributed by atoms with van der Waals surface area (Å²) >= 11 is 0. The first-order valence-electron chi connectivity index (χ1n) is 7.94. The van der Waals surface area contributed by atoms with E-state index in [0.29, 0.717) is 6.54 Å². The van der Waals surface area contributed by atoms with Gasteiger partial charge in [-0.2, -0.15) is 0 Å². The second-order valence-electron chi connectivity index (χ2n) is 5.35. The molecule has 4 N–H and O–H groups in total. The van der Waals surface area contributed by atoms with Gasteiger partial charge in [-0.15, -0.1) is 0 Å². The van der Waals surface area contributed by atoms with E-state index in [4.69, 9.17) is 19.8 Å². The maximum atomic E-state index is 10.7. The average molecular weight is 376 g/mol. The lowest BCUT2D eigenvalue weighted by atomic mass is 9.95. The molecule has 9 heteroatoms. The van der Waals surface area contributed by atoms with E-state index in [1.54, 1.807) is 12.1 Å². The Morgan fingerprint density at radius 3 is 1.93 bits per heavy atom. The molecule has 2 unspecified atom stereocenters. The lowest BCUT2D eigenvalue weighted by Crippen LogP contribution is -2.27. The molecule has 0 saturated heterocycles. The van der Waals surface area contributed by atoms with Crippen LogP contribution in [0.3, 0.4) is 0 Å². The fraction of sp³-hybridized carbons (Fsp3) is 0.222. The van der Waals surface area contributed by atoms with E-state index in [2.05, 4.69) is 5.32 Å². The van der Waals surface area contributed by atoms with Gasteiger partial charge in [-0.25, -0.2) is 9.59 Å². The molecule has 0 heterocycles. The van der Waals surface area contributed by atoms with Gasteiger partial charge in [-0.05, 0) is 17.7 Å². The Hall–Kier alpha value is -3.30. The van der Waals surface area contributed by atoms with Crippen LogP contribution in [0.25, 0.3) is 0 Å². The Kier molecular flexibility index (Phi) is 8.57. The number of nitrogens with zero attached hydrogens (tertiary/aromatic N) is 1. The van der Waals surface area contributed by atoms with E-state index < -0.39 is 23.0 Å². The zero-order valence-corrected chi connectivity index (χ0v) is 14.5. The van der Waals surface area contributed by atoms with Crippen molar-refractivity contribution in [2.24, 2.45) is 0 Å². The van der Waals surface area contributed by atoms with Crippen LogP contribution in [0.1, 0.15) is 30.2 Å². The van der Waals surface area contributed by atoms with E-state index in [-0.39, 0.29) is 11.7 Å². The third-order valence-corrected chi connectivity index (χ3v) is 3.53. The Balaban J connectivity index is 0.000000527. The summed E-state index contributed by atoms with van der Waals surface area (Å²) < 4.78 is 0. The molecule has 0 aliphatic heterocycles. The quantitative estimate of drug-likeness (QED) is 0.340. The van der Waals surface area contributed by atoms with Crippen LogP contribution in [-0.4, -0.2) is 38.7 Å². The highest BCUT2D eigenvalue weighted by molar-refractivity contribution is 6.27. The number of non-ortho nitro benzene ring substituents is 1. The van der Waals surface area contributed by atoms with Crippen LogP contribution in [0.15, 0.2) is 54.6 Å². The first kappa shape index (κ1) is 21.7. The molecule has 0 spiro atoms. The number of aliphatic hydroxyl groups is 1. The van der Waals surface area contributed by atoms with Crippen LogP contribution in [0.5, 0.6) is 0 Å². The fourth-order valence-electron chi connectivity index (χ4n) is 2.28. The SMILES string of the molecule is CCNC(c1ccc([N+](=O)[O-])cc1)C(O)c1ccccc1.O=C(O)C(=O)O. The number of nitro groups is 1. The predicted molar refractivity (Wildman–Crippen MR) is 96.2 cm³/mol. The molecule has 2 aromatic rings. The molecule has 0 aromatic heterocycles. The molecule has 0 aliphatic rings. The predicted octanol–water partition coefficient (Wildman–Crippen LogP) is 2.13. The summed E-state index contributed by atoms with van der Waals surface area (Å²) in [5, 5.41) is 39.3. The Morgan fingerprint density at radius 2 is 1.52 bits per heavy atom. The van der Waals surface area contributed by atoms with Gasteiger partial charge in [0.05, 0.1) is 17.1 Å². The van der Waals surface area contributed by atoms with Gasteiger partial charge in [0.2, 0.25) is 0 Å². The number of nitro benzene ring substituents is 1. The standard InChI is InChI=1S/C16H18N2O3.C2H2O4/c1-2-17-15(16(19)13-6-4-3-5-7-13)12-8-10-14(11-9-12)18(20)21;3-1(4)2(5)6/h3-11,15-17,19H,2H2,1H3;(H,3,4)(H,5,6). The van der Waals surface area contributed by atoms with Crippen molar-refractivity contribution in [1.29, 1.82) is 0 Å². The van der Waals surface area contributed by atoms with Gasteiger partial charge in [0, 0.05) is 12.1 Å². The molecular formula is C18H20N2O7. The van der Waals surface area contributed by atoms with Gasteiger partial charge in [0.1, 0.15) is 0 Å². The maximum Gasteiger partial charge on any atom is 0.414 e. The number of carboxylic acid groups (broad SMARTS) is 2. The first-order chi connectivity index (χ1) is 12.8. The van der Waals surface area contributed by atoms with Crippen molar-refractivity contribution in [3.8, 4) is 0 Å². The topological polar surface area (TPSA) is 150 Å². The third-order valence-electron chi connectivity index (χ3n) is 3.53. The number of carbonyl (C=O) groups is 2. The molecule has 2 aromatic carbocycles. The maximum absolute atomic E-state index is 10.7. The Bertz CT molecular complexity index is 751. The van der Waals surface area contributed by atoms with Crippen molar-refractivity contribution in [3.05, 3.63) is 75.8 Å². The van der Waals surface area contributed by atoms with Gasteiger partial charge in [-0.3, -0.25) is 10.1 Å². The minimum Gasteiger partial charge on any atom is -0.473 e. The number of rotatable bonds is 6. The molecule has 144 valence electrons. The van der Waals surface area contributed by atoms with Crippen LogP contribution < -0.4 is 5.32 Å². The summed E-state index contributed by atoms with van der Waals surface area (Å²) in [6.07, 6.45) is -0.715. The fourth-order valence-corrected chi connectivity index (χ4v) is 2.28. The van der Waals surface area contributed by atoms with Gasteiger partial charge < -0.3 is 20.6 Å². The summed E-state index contributed by atoms with van der Waals surface area (Å²) in [6, 6.07) is 15.3. The number of nitrogens with one attached hydrogen (secondary N) is 1. The molecule has 27 heavy (non-hydrogen) atoms. The van der Waals surface area contributed by atoms with Crippen LogP contribution in [0, 0.1) is 10.1 Å². The zero-order valence-electron chi connectivity index (χ0n) is 14.5. The third kappa shape index (κ3) is 6.84. The molecule has 2 rings (SSSR count). The second kappa shape index (κ2) is 10.6. The molecular weight excluding hydrogens is 356 g/mol.